The molecule has 3 aromatic carbocycles. The SMILES string of the molecule is CCCCc1nc2c(C)ccc(OCCn3cnc4c3CCCC4)c2n1Cc1ccc(-c2ccccc2-c2nn[nH]n2)cc1. The largest absolute Gasteiger partial charge is 0.489 e. The van der Waals surface area contributed by atoms with E-state index in [9.17, 15) is 0 Å². The molecule has 44 heavy (non-hydrogen) atoms. The van der Waals surface area contributed by atoms with Gasteiger partial charge in [-0.15, -0.1) is 10.2 Å². The van der Waals surface area contributed by atoms with Gasteiger partial charge < -0.3 is 13.9 Å². The lowest BCUT2D eigenvalue weighted by atomic mass is 9.98. The topological polar surface area (TPSA) is 99.3 Å². The Balaban J connectivity index is 1.18. The number of H-pyrrole nitrogens is 1. The number of nitrogens with zero attached hydrogens (tertiary/aromatic N) is 7. The van der Waals surface area contributed by atoms with Crippen LogP contribution in [0.5, 0.6) is 5.75 Å². The van der Waals surface area contributed by atoms with Gasteiger partial charge in [-0.3, -0.25) is 0 Å². The Morgan fingerprint density at radius 2 is 1.80 bits per heavy atom. The first-order valence-electron chi connectivity index (χ1n) is 15.8. The summed E-state index contributed by atoms with van der Waals surface area (Å²) in [7, 11) is 0. The van der Waals surface area contributed by atoms with E-state index in [0.717, 1.165) is 84.5 Å². The Morgan fingerprint density at radius 1 is 0.955 bits per heavy atom. The summed E-state index contributed by atoms with van der Waals surface area (Å²) in [6.45, 7) is 6.47. The smallest absolute Gasteiger partial charge is 0.205 e. The molecular formula is C35H38N8O. The highest BCUT2D eigenvalue weighted by molar-refractivity contribution is 5.86. The van der Waals surface area contributed by atoms with Crippen LogP contribution in [-0.2, 0) is 32.4 Å². The second-order valence-electron chi connectivity index (χ2n) is 11.7. The van der Waals surface area contributed by atoms with Crippen molar-refractivity contribution in [2.45, 2.75) is 71.9 Å². The quantitative estimate of drug-likeness (QED) is 0.181. The molecule has 3 aromatic heterocycles. The number of rotatable bonds is 11. The maximum absolute atomic E-state index is 6.53. The molecule has 1 aliphatic rings. The molecule has 0 spiro atoms. The Hall–Kier alpha value is -4.79. The van der Waals surface area contributed by atoms with Gasteiger partial charge in [0.2, 0.25) is 5.82 Å². The average Bonchev–Trinajstić information content (AvgIpc) is 3.82. The zero-order chi connectivity index (χ0) is 29.9. The molecule has 0 fully saturated rings. The number of unbranched alkanes of at least 4 members (excludes halogenated alkanes) is 1. The van der Waals surface area contributed by atoms with E-state index in [4.69, 9.17) is 9.72 Å². The highest BCUT2D eigenvalue weighted by atomic mass is 16.5. The molecule has 9 heteroatoms. The predicted octanol–water partition coefficient (Wildman–Crippen LogP) is 6.74. The monoisotopic (exact) mass is 586 g/mol. The van der Waals surface area contributed by atoms with E-state index in [1.807, 2.05) is 24.5 Å². The number of ether oxygens (including phenoxy) is 1. The molecule has 0 radical (unpaired) electrons. The van der Waals surface area contributed by atoms with Crippen LogP contribution in [0.25, 0.3) is 33.5 Å². The second-order valence-corrected chi connectivity index (χ2v) is 11.7. The van der Waals surface area contributed by atoms with Gasteiger partial charge >= 0.3 is 0 Å². The third kappa shape index (κ3) is 5.50. The molecule has 7 rings (SSSR count). The second kappa shape index (κ2) is 12.4. The van der Waals surface area contributed by atoms with E-state index in [1.54, 1.807) is 0 Å². The fraction of sp³-hybridized carbons (Fsp3) is 0.343. The number of nitrogens with one attached hydrogen (secondary N) is 1. The van der Waals surface area contributed by atoms with Gasteiger partial charge in [-0.05, 0) is 72.6 Å². The van der Waals surface area contributed by atoms with Crippen LogP contribution in [0.1, 0.15) is 60.9 Å². The van der Waals surface area contributed by atoms with E-state index in [2.05, 4.69) is 91.1 Å². The zero-order valence-corrected chi connectivity index (χ0v) is 25.5. The van der Waals surface area contributed by atoms with Crippen LogP contribution in [0.4, 0.5) is 0 Å². The highest BCUT2D eigenvalue weighted by Gasteiger charge is 2.19. The van der Waals surface area contributed by atoms with Gasteiger partial charge in [0.15, 0.2) is 0 Å². The molecule has 0 atom stereocenters. The lowest BCUT2D eigenvalue weighted by molar-refractivity contribution is 0.298. The van der Waals surface area contributed by atoms with Gasteiger partial charge in [-0.1, -0.05) is 67.9 Å². The summed E-state index contributed by atoms with van der Waals surface area (Å²) in [4.78, 5) is 9.84. The highest BCUT2D eigenvalue weighted by Crippen LogP contribution is 2.33. The van der Waals surface area contributed by atoms with Gasteiger partial charge in [0, 0.05) is 24.2 Å². The van der Waals surface area contributed by atoms with Crippen molar-refractivity contribution in [2.24, 2.45) is 0 Å². The fourth-order valence-electron chi connectivity index (χ4n) is 6.35. The maximum Gasteiger partial charge on any atom is 0.205 e. The van der Waals surface area contributed by atoms with Crippen LogP contribution in [0, 0.1) is 6.92 Å². The minimum Gasteiger partial charge on any atom is -0.489 e. The Morgan fingerprint density at radius 3 is 2.61 bits per heavy atom. The van der Waals surface area contributed by atoms with E-state index >= 15 is 0 Å². The number of aromatic nitrogens is 8. The van der Waals surface area contributed by atoms with Crippen LogP contribution < -0.4 is 4.74 Å². The number of imidazole rings is 2. The maximum atomic E-state index is 6.53. The number of tetrazole rings is 1. The molecule has 0 bridgehead atoms. The number of fused-ring (bicyclic) bond motifs is 2. The van der Waals surface area contributed by atoms with Crippen LogP contribution >= 0.6 is 0 Å². The first-order valence-corrected chi connectivity index (χ1v) is 15.8. The van der Waals surface area contributed by atoms with E-state index < -0.39 is 0 Å². The lowest BCUT2D eigenvalue weighted by Crippen LogP contribution is -2.13. The van der Waals surface area contributed by atoms with Gasteiger partial charge in [0.25, 0.3) is 0 Å². The summed E-state index contributed by atoms with van der Waals surface area (Å²) >= 11 is 0. The summed E-state index contributed by atoms with van der Waals surface area (Å²) in [6.07, 6.45) is 9.81. The average molecular weight is 587 g/mol. The third-order valence-electron chi connectivity index (χ3n) is 8.71. The van der Waals surface area contributed by atoms with Crippen molar-refractivity contribution >= 4 is 11.0 Å². The van der Waals surface area contributed by atoms with Crippen molar-refractivity contribution in [3.05, 3.63) is 95.3 Å². The van der Waals surface area contributed by atoms with Gasteiger partial charge in [0.05, 0.1) is 24.1 Å². The number of benzene rings is 3. The molecular weight excluding hydrogens is 548 g/mol. The minimum atomic E-state index is 0.588. The number of aromatic amines is 1. The minimum absolute atomic E-state index is 0.588. The van der Waals surface area contributed by atoms with Crippen molar-refractivity contribution in [3.8, 4) is 28.3 Å². The van der Waals surface area contributed by atoms with Crippen LogP contribution in [0.15, 0.2) is 67.0 Å². The fourth-order valence-corrected chi connectivity index (χ4v) is 6.35. The van der Waals surface area contributed by atoms with Gasteiger partial charge in [-0.25, -0.2) is 9.97 Å². The van der Waals surface area contributed by atoms with Crippen LogP contribution in [0.2, 0.25) is 0 Å². The molecule has 224 valence electrons. The van der Waals surface area contributed by atoms with Crippen molar-refractivity contribution in [1.29, 1.82) is 0 Å². The summed E-state index contributed by atoms with van der Waals surface area (Å²) in [5.41, 5.74) is 10.3. The van der Waals surface area contributed by atoms with Gasteiger partial charge in [-0.2, -0.15) is 5.21 Å². The third-order valence-corrected chi connectivity index (χ3v) is 8.71. The summed E-state index contributed by atoms with van der Waals surface area (Å²) < 4.78 is 11.2. The standard InChI is InChI=1S/C35H38N8O/c1-3-4-13-32-37-33-24(2)14-19-31(44-21-20-42-23-36-29-11-7-8-12-30(29)42)34(33)43(32)22-25-15-17-26(18-16-25)27-9-5-6-10-28(27)35-38-40-41-39-35/h5-6,9-10,14-19,23H,3-4,7-8,11-13,20-22H2,1-2H3,(H,38,39,40,41). The zero-order valence-electron chi connectivity index (χ0n) is 25.5. The van der Waals surface area contributed by atoms with Crippen LogP contribution in [-0.4, -0.2) is 46.3 Å². The van der Waals surface area contributed by atoms with Crippen LogP contribution in [0.3, 0.4) is 0 Å². The van der Waals surface area contributed by atoms with E-state index in [0.29, 0.717) is 12.4 Å². The molecule has 0 saturated heterocycles. The molecule has 0 aliphatic heterocycles. The van der Waals surface area contributed by atoms with E-state index in [-0.39, 0.29) is 0 Å². The predicted molar refractivity (Wildman–Crippen MR) is 172 cm³/mol. The molecule has 1 N–H and O–H groups in total. The van der Waals surface area contributed by atoms with Gasteiger partial charge in [0.1, 0.15) is 23.7 Å². The molecule has 1 aliphatic carbocycles. The Labute approximate surface area is 257 Å². The number of hydrogen-bond donors (Lipinski definition) is 1. The number of hydrogen-bond acceptors (Lipinski definition) is 6. The normalized spacial score (nSPS) is 13.0. The van der Waals surface area contributed by atoms with Crippen molar-refractivity contribution in [1.82, 2.24) is 39.7 Å². The Bertz CT molecular complexity index is 1870. The molecule has 0 saturated carbocycles. The lowest BCUT2D eigenvalue weighted by Gasteiger charge is -2.16. The summed E-state index contributed by atoms with van der Waals surface area (Å²) in [5.74, 6) is 2.59. The van der Waals surface area contributed by atoms with Crippen molar-refractivity contribution < 1.29 is 4.74 Å². The summed E-state index contributed by atoms with van der Waals surface area (Å²) in [6, 6.07) is 21.2. The number of aryl methyl sites for hydroxylation is 3. The summed E-state index contributed by atoms with van der Waals surface area (Å²) in [5, 5.41) is 14.7. The first kappa shape index (κ1) is 28.0. The van der Waals surface area contributed by atoms with Crippen molar-refractivity contribution in [3.63, 3.8) is 0 Å². The van der Waals surface area contributed by atoms with Crippen molar-refractivity contribution in [2.75, 3.05) is 6.61 Å². The molecule has 3 heterocycles. The molecule has 0 amide bonds. The molecule has 6 aromatic rings. The Kier molecular flexibility index (Phi) is 7.92. The first-order chi connectivity index (χ1) is 21.7. The molecule has 9 nitrogen and oxygen atoms in total. The molecule has 0 unspecified atom stereocenters. The van der Waals surface area contributed by atoms with E-state index in [1.165, 1.54) is 35.4 Å².